The smallest absolute Gasteiger partial charge is 0.243 e. The standard InChI is InChI=1S/C25H33N3O5S/c1-18(2)23(25(30)26-17-20-9-7-8-12-22(20)33-3)27-24(29)19-13-15-28(16-14-19)34(31,32)21-10-5-4-6-11-21/h4-12,18-19,23H,13-17H2,1-3H3,(H,26,30)(H,27,29)/t23-/m0/s1. The van der Waals surface area contributed by atoms with Gasteiger partial charge in [-0.15, -0.1) is 0 Å². The number of rotatable bonds is 9. The molecule has 1 saturated heterocycles. The minimum Gasteiger partial charge on any atom is -0.496 e. The maximum Gasteiger partial charge on any atom is 0.243 e. The molecular weight excluding hydrogens is 454 g/mol. The van der Waals surface area contributed by atoms with Gasteiger partial charge in [0.2, 0.25) is 21.8 Å². The van der Waals surface area contributed by atoms with Gasteiger partial charge in [-0.2, -0.15) is 4.31 Å². The Labute approximate surface area is 201 Å². The van der Waals surface area contributed by atoms with Gasteiger partial charge >= 0.3 is 0 Å². The molecule has 2 amide bonds. The van der Waals surface area contributed by atoms with Crippen LogP contribution in [0.2, 0.25) is 0 Å². The minimum atomic E-state index is -3.57. The number of carbonyl (C=O) groups excluding carboxylic acids is 2. The molecule has 2 N–H and O–H groups in total. The Morgan fingerprint density at radius 2 is 1.65 bits per heavy atom. The number of ether oxygens (including phenoxy) is 1. The van der Waals surface area contributed by atoms with E-state index in [-0.39, 0.29) is 48.2 Å². The van der Waals surface area contributed by atoms with Gasteiger partial charge in [-0.1, -0.05) is 50.2 Å². The molecule has 1 heterocycles. The highest BCUT2D eigenvalue weighted by molar-refractivity contribution is 7.89. The third-order valence-corrected chi connectivity index (χ3v) is 8.01. The third kappa shape index (κ3) is 6.15. The van der Waals surface area contributed by atoms with E-state index in [9.17, 15) is 18.0 Å². The fraction of sp³-hybridized carbons (Fsp3) is 0.440. The van der Waals surface area contributed by atoms with Crippen LogP contribution in [-0.2, 0) is 26.2 Å². The SMILES string of the molecule is COc1ccccc1CNC(=O)[C@@H](NC(=O)C1CCN(S(=O)(=O)c2ccccc2)CC1)C(C)C. The summed E-state index contributed by atoms with van der Waals surface area (Å²) < 4.78 is 32.4. The zero-order valence-corrected chi connectivity index (χ0v) is 20.7. The maximum atomic E-state index is 12.9. The van der Waals surface area contributed by atoms with Crippen LogP contribution in [0.1, 0.15) is 32.3 Å². The second-order valence-electron chi connectivity index (χ2n) is 8.75. The van der Waals surface area contributed by atoms with Gasteiger partial charge in [0, 0.05) is 31.1 Å². The predicted molar refractivity (Wildman–Crippen MR) is 130 cm³/mol. The van der Waals surface area contributed by atoms with Crippen molar-refractivity contribution in [3.05, 3.63) is 60.2 Å². The topological polar surface area (TPSA) is 105 Å². The molecule has 184 valence electrons. The lowest BCUT2D eigenvalue weighted by Crippen LogP contribution is -2.52. The number of carbonyl (C=O) groups is 2. The van der Waals surface area contributed by atoms with Crippen molar-refractivity contribution < 1.29 is 22.7 Å². The van der Waals surface area contributed by atoms with E-state index >= 15 is 0 Å². The number of amides is 2. The highest BCUT2D eigenvalue weighted by Crippen LogP contribution is 2.24. The van der Waals surface area contributed by atoms with Crippen molar-refractivity contribution in [3.8, 4) is 5.75 Å². The van der Waals surface area contributed by atoms with Gasteiger partial charge in [0.1, 0.15) is 11.8 Å². The van der Waals surface area contributed by atoms with E-state index in [0.717, 1.165) is 5.56 Å². The summed E-state index contributed by atoms with van der Waals surface area (Å²) in [5.74, 6) is -0.253. The lowest BCUT2D eigenvalue weighted by Gasteiger charge is -2.32. The predicted octanol–water partition coefficient (Wildman–Crippen LogP) is 2.55. The number of nitrogens with zero attached hydrogens (tertiary/aromatic N) is 1. The van der Waals surface area contributed by atoms with Crippen molar-refractivity contribution in [1.82, 2.24) is 14.9 Å². The van der Waals surface area contributed by atoms with Gasteiger partial charge in [0.05, 0.1) is 12.0 Å². The minimum absolute atomic E-state index is 0.111. The number of hydrogen-bond donors (Lipinski definition) is 2. The van der Waals surface area contributed by atoms with Gasteiger partial charge in [-0.05, 0) is 37.0 Å². The van der Waals surface area contributed by atoms with Crippen LogP contribution in [0.4, 0.5) is 0 Å². The monoisotopic (exact) mass is 487 g/mol. The Morgan fingerprint density at radius 3 is 2.26 bits per heavy atom. The molecule has 1 atom stereocenters. The quantitative estimate of drug-likeness (QED) is 0.566. The first-order chi connectivity index (χ1) is 16.2. The van der Waals surface area contributed by atoms with Crippen molar-refractivity contribution in [3.63, 3.8) is 0 Å². The van der Waals surface area contributed by atoms with Crippen LogP contribution in [0, 0.1) is 11.8 Å². The van der Waals surface area contributed by atoms with Crippen molar-refractivity contribution >= 4 is 21.8 Å². The lowest BCUT2D eigenvalue weighted by atomic mass is 9.95. The fourth-order valence-electron chi connectivity index (χ4n) is 4.05. The molecule has 2 aromatic rings. The summed E-state index contributed by atoms with van der Waals surface area (Å²) in [4.78, 5) is 26.1. The molecule has 8 nitrogen and oxygen atoms in total. The Kier molecular flexibility index (Phi) is 8.68. The number of para-hydroxylation sites is 1. The summed E-state index contributed by atoms with van der Waals surface area (Å²) in [7, 11) is -2.00. The number of hydrogen-bond acceptors (Lipinski definition) is 5. The summed E-state index contributed by atoms with van der Waals surface area (Å²) in [6, 6.07) is 15.0. The van der Waals surface area contributed by atoms with E-state index < -0.39 is 16.1 Å². The Balaban J connectivity index is 1.56. The summed E-state index contributed by atoms with van der Waals surface area (Å²) in [6.07, 6.45) is 0.817. The Morgan fingerprint density at radius 1 is 1.03 bits per heavy atom. The van der Waals surface area contributed by atoms with Crippen LogP contribution in [-0.4, -0.2) is 50.8 Å². The third-order valence-electron chi connectivity index (χ3n) is 6.10. The zero-order chi connectivity index (χ0) is 24.7. The summed E-state index contributed by atoms with van der Waals surface area (Å²) in [6.45, 7) is 4.58. The van der Waals surface area contributed by atoms with Gasteiger partial charge in [0.25, 0.3) is 0 Å². The number of piperidine rings is 1. The van der Waals surface area contributed by atoms with Crippen LogP contribution in [0.15, 0.2) is 59.5 Å². The van der Waals surface area contributed by atoms with E-state index in [1.807, 2.05) is 38.1 Å². The molecule has 34 heavy (non-hydrogen) atoms. The molecule has 0 spiro atoms. The summed E-state index contributed by atoms with van der Waals surface area (Å²) in [5, 5.41) is 5.77. The van der Waals surface area contributed by atoms with Gasteiger partial charge in [-0.25, -0.2) is 8.42 Å². The second-order valence-corrected chi connectivity index (χ2v) is 10.7. The molecule has 0 aliphatic carbocycles. The first-order valence-corrected chi connectivity index (χ1v) is 12.9. The highest BCUT2D eigenvalue weighted by Gasteiger charge is 2.34. The molecule has 2 aromatic carbocycles. The second kappa shape index (κ2) is 11.5. The summed E-state index contributed by atoms with van der Waals surface area (Å²) in [5.41, 5.74) is 0.846. The van der Waals surface area contributed by atoms with Crippen molar-refractivity contribution in [2.24, 2.45) is 11.8 Å². The number of sulfonamides is 1. The molecule has 0 saturated carbocycles. The normalized spacial score (nSPS) is 16.1. The van der Waals surface area contributed by atoms with Crippen LogP contribution < -0.4 is 15.4 Å². The molecule has 0 aromatic heterocycles. The van der Waals surface area contributed by atoms with Crippen LogP contribution in [0.3, 0.4) is 0 Å². The molecular formula is C25H33N3O5S. The highest BCUT2D eigenvalue weighted by atomic mass is 32.2. The Bertz CT molecular complexity index is 1080. The van der Waals surface area contributed by atoms with Crippen LogP contribution >= 0.6 is 0 Å². The molecule has 0 radical (unpaired) electrons. The fourth-order valence-corrected chi connectivity index (χ4v) is 5.54. The van der Waals surface area contributed by atoms with Gasteiger partial charge in [0.15, 0.2) is 0 Å². The van der Waals surface area contributed by atoms with E-state index in [1.54, 1.807) is 37.4 Å². The van der Waals surface area contributed by atoms with Crippen molar-refractivity contribution in [2.75, 3.05) is 20.2 Å². The number of nitrogens with one attached hydrogen (secondary N) is 2. The summed E-state index contributed by atoms with van der Waals surface area (Å²) >= 11 is 0. The molecule has 9 heteroatoms. The average molecular weight is 488 g/mol. The van der Waals surface area contributed by atoms with Gasteiger partial charge in [-0.3, -0.25) is 9.59 Å². The number of benzene rings is 2. The van der Waals surface area contributed by atoms with E-state index in [1.165, 1.54) is 4.31 Å². The molecule has 1 aliphatic rings. The van der Waals surface area contributed by atoms with Crippen molar-refractivity contribution in [2.45, 2.75) is 44.2 Å². The van der Waals surface area contributed by atoms with E-state index in [4.69, 9.17) is 4.74 Å². The average Bonchev–Trinajstić information content (AvgIpc) is 2.86. The van der Waals surface area contributed by atoms with Crippen molar-refractivity contribution in [1.29, 1.82) is 0 Å². The van der Waals surface area contributed by atoms with Crippen LogP contribution in [0.5, 0.6) is 5.75 Å². The largest absolute Gasteiger partial charge is 0.496 e. The first-order valence-electron chi connectivity index (χ1n) is 11.5. The molecule has 0 bridgehead atoms. The van der Waals surface area contributed by atoms with Gasteiger partial charge < -0.3 is 15.4 Å². The van der Waals surface area contributed by atoms with E-state index in [0.29, 0.717) is 18.6 Å². The molecule has 0 unspecified atom stereocenters. The zero-order valence-electron chi connectivity index (χ0n) is 19.9. The molecule has 3 rings (SSSR count). The van der Waals surface area contributed by atoms with E-state index in [2.05, 4.69) is 10.6 Å². The maximum absolute atomic E-state index is 12.9. The van der Waals surface area contributed by atoms with Crippen LogP contribution in [0.25, 0.3) is 0 Å². The molecule has 1 aliphatic heterocycles. The Hall–Kier alpha value is -2.91. The first kappa shape index (κ1) is 25.7. The number of methoxy groups -OCH3 is 1. The lowest BCUT2D eigenvalue weighted by molar-refractivity contribution is -0.132. The molecule has 1 fully saturated rings.